The molecule has 1 aromatic rings. The molecule has 0 saturated heterocycles. The molecular weight excluding hydrogens is 288 g/mol. The van der Waals surface area contributed by atoms with Crippen molar-refractivity contribution in [3.8, 4) is 0 Å². The van der Waals surface area contributed by atoms with Gasteiger partial charge < -0.3 is 14.8 Å². The second-order valence-corrected chi connectivity index (χ2v) is 5.58. The van der Waals surface area contributed by atoms with Crippen LogP contribution >= 0.6 is 0 Å². The summed E-state index contributed by atoms with van der Waals surface area (Å²) in [7, 11) is 1.18. The predicted octanol–water partition coefficient (Wildman–Crippen LogP) is 1.08. The van der Waals surface area contributed by atoms with Gasteiger partial charge in [-0.15, -0.1) is 0 Å². The fourth-order valence-electron chi connectivity index (χ4n) is 1.63. The largest absolute Gasteiger partial charge is 0.467 e. The topological polar surface area (TPSA) is 94.6 Å². The molecule has 120 valence electrons. The van der Waals surface area contributed by atoms with Gasteiger partial charge in [0.25, 0.3) is 5.91 Å². The van der Waals surface area contributed by atoms with Gasteiger partial charge in [-0.3, -0.25) is 14.6 Å². The minimum Gasteiger partial charge on any atom is -0.467 e. The Kier molecular flexibility index (Phi) is 6.03. The van der Waals surface area contributed by atoms with Gasteiger partial charge in [0.15, 0.2) is 0 Å². The number of nitrogens with zero attached hydrogens (tertiary/aromatic N) is 1. The minimum absolute atomic E-state index is 0.305. The highest BCUT2D eigenvalue weighted by atomic mass is 16.6. The molecule has 7 nitrogen and oxygen atoms in total. The SMILES string of the molecule is COC(=O)[C@@H](CC(=O)OC(C)(C)C)NC(=O)c1ccncc1. The monoisotopic (exact) mass is 308 g/mol. The maximum atomic E-state index is 12.0. The number of hydrogen-bond acceptors (Lipinski definition) is 6. The van der Waals surface area contributed by atoms with E-state index in [1.54, 1.807) is 20.8 Å². The van der Waals surface area contributed by atoms with Gasteiger partial charge in [0, 0.05) is 18.0 Å². The Bertz CT molecular complexity index is 537. The van der Waals surface area contributed by atoms with Crippen LogP contribution in [0.4, 0.5) is 0 Å². The van der Waals surface area contributed by atoms with Crippen molar-refractivity contribution in [1.82, 2.24) is 10.3 Å². The van der Waals surface area contributed by atoms with Gasteiger partial charge in [0.2, 0.25) is 0 Å². The van der Waals surface area contributed by atoms with Crippen LogP contribution in [0.25, 0.3) is 0 Å². The summed E-state index contributed by atoms with van der Waals surface area (Å²) >= 11 is 0. The van der Waals surface area contributed by atoms with E-state index in [0.717, 1.165) is 0 Å². The lowest BCUT2D eigenvalue weighted by molar-refractivity contribution is -0.158. The molecule has 1 aromatic heterocycles. The van der Waals surface area contributed by atoms with Gasteiger partial charge in [-0.2, -0.15) is 0 Å². The van der Waals surface area contributed by atoms with Gasteiger partial charge in [-0.05, 0) is 32.9 Å². The lowest BCUT2D eigenvalue weighted by Gasteiger charge is -2.22. The van der Waals surface area contributed by atoms with Gasteiger partial charge >= 0.3 is 11.9 Å². The Balaban J connectivity index is 2.75. The van der Waals surface area contributed by atoms with Gasteiger partial charge in [0.05, 0.1) is 13.5 Å². The van der Waals surface area contributed by atoms with E-state index in [4.69, 9.17) is 4.74 Å². The van der Waals surface area contributed by atoms with E-state index in [1.165, 1.54) is 31.6 Å². The molecule has 1 atom stereocenters. The van der Waals surface area contributed by atoms with Crippen molar-refractivity contribution in [2.75, 3.05) is 7.11 Å². The normalized spacial score (nSPS) is 12.2. The lowest BCUT2D eigenvalue weighted by atomic mass is 10.1. The number of ether oxygens (including phenoxy) is 2. The maximum Gasteiger partial charge on any atom is 0.328 e. The average molecular weight is 308 g/mol. The molecule has 0 radical (unpaired) electrons. The third-order valence-electron chi connectivity index (χ3n) is 2.52. The third-order valence-corrected chi connectivity index (χ3v) is 2.52. The zero-order chi connectivity index (χ0) is 16.8. The Morgan fingerprint density at radius 2 is 1.82 bits per heavy atom. The van der Waals surface area contributed by atoms with E-state index < -0.39 is 29.5 Å². The zero-order valence-electron chi connectivity index (χ0n) is 13.1. The smallest absolute Gasteiger partial charge is 0.328 e. The molecule has 22 heavy (non-hydrogen) atoms. The van der Waals surface area contributed by atoms with Crippen LogP contribution in [-0.4, -0.2) is 41.6 Å². The number of amides is 1. The molecule has 1 N–H and O–H groups in total. The van der Waals surface area contributed by atoms with Gasteiger partial charge in [-0.25, -0.2) is 4.79 Å². The standard InChI is InChI=1S/C15H20N2O5/c1-15(2,3)22-12(18)9-11(14(20)21-4)17-13(19)10-5-7-16-8-6-10/h5-8,11H,9H2,1-4H3,(H,17,19)/t11-/m1/s1. The predicted molar refractivity (Wildman–Crippen MR) is 78.0 cm³/mol. The van der Waals surface area contributed by atoms with Crippen molar-refractivity contribution in [2.45, 2.75) is 38.8 Å². The van der Waals surface area contributed by atoms with E-state index in [9.17, 15) is 14.4 Å². The van der Waals surface area contributed by atoms with Crippen molar-refractivity contribution < 1.29 is 23.9 Å². The summed E-state index contributed by atoms with van der Waals surface area (Å²) in [4.78, 5) is 39.4. The number of esters is 2. The van der Waals surface area contributed by atoms with Crippen LogP contribution in [-0.2, 0) is 19.1 Å². The first kappa shape index (κ1) is 17.6. The molecule has 1 amide bonds. The van der Waals surface area contributed by atoms with Crippen LogP contribution in [0.5, 0.6) is 0 Å². The Hall–Kier alpha value is -2.44. The van der Waals surface area contributed by atoms with Crippen molar-refractivity contribution in [3.05, 3.63) is 30.1 Å². The molecule has 0 aromatic carbocycles. The van der Waals surface area contributed by atoms with Crippen LogP contribution in [0.3, 0.4) is 0 Å². The molecule has 0 spiro atoms. The first-order valence-electron chi connectivity index (χ1n) is 6.73. The van der Waals surface area contributed by atoms with E-state index >= 15 is 0 Å². The highest BCUT2D eigenvalue weighted by molar-refractivity contribution is 5.97. The Labute approximate surface area is 129 Å². The molecule has 1 heterocycles. The molecule has 0 saturated carbocycles. The minimum atomic E-state index is -1.11. The molecular formula is C15H20N2O5. The highest BCUT2D eigenvalue weighted by Gasteiger charge is 2.27. The summed E-state index contributed by atoms with van der Waals surface area (Å²) in [6.07, 6.45) is 2.60. The number of methoxy groups -OCH3 is 1. The van der Waals surface area contributed by atoms with Crippen LogP contribution in [0.2, 0.25) is 0 Å². The van der Waals surface area contributed by atoms with E-state index in [0.29, 0.717) is 5.56 Å². The first-order chi connectivity index (χ1) is 10.2. The van der Waals surface area contributed by atoms with Gasteiger partial charge in [-0.1, -0.05) is 0 Å². The fourth-order valence-corrected chi connectivity index (χ4v) is 1.63. The summed E-state index contributed by atoms with van der Waals surface area (Å²) in [6.45, 7) is 5.15. The number of aromatic nitrogens is 1. The quantitative estimate of drug-likeness (QED) is 0.818. The van der Waals surface area contributed by atoms with Gasteiger partial charge in [0.1, 0.15) is 11.6 Å². The van der Waals surface area contributed by atoms with Crippen LogP contribution < -0.4 is 5.32 Å². The molecule has 1 rings (SSSR count). The average Bonchev–Trinajstić information content (AvgIpc) is 2.44. The maximum absolute atomic E-state index is 12.0. The van der Waals surface area contributed by atoms with Crippen LogP contribution in [0.15, 0.2) is 24.5 Å². The van der Waals surface area contributed by atoms with E-state index in [2.05, 4.69) is 15.0 Å². The van der Waals surface area contributed by atoms with E-state index in [-0.39, 0.29) is 6.42 Å². The Morgan fingerprint density at radius 3 is 2.32 bits per heavy atom. The van der Waals surface area contributed by atoms with Crippen LogP contribution in [0.1, 0.15) is 37.6 Å². The summed E-state index contributed by atoms with van der Waals surface area (Å²) < 4.78 is 9.75. The molecule has 0 aliphatic heterocycles. The van der Waals surface area contributed by atoms with Crippen molar-refractivity contribution in [1.29, 1.82) is 0 Å². The third kappa shape index (κ3) is 5.90. The number of carbonyl (C=O) groups excluding carboxylic acids is 3. The zero-order valence-corrected chi connectivity index (χ0v) is 13.1. The Morgan fingerprint density at radius 1 is 1.23 bits per heavy atom. The van der Waals surface area contributed by atoms with Crippen molar-refractivity contribution in [3.63, 3.8) is 0 Å². The molecule has 7 heteroatoms. The van der Waals surface area contributed by atoms with Crippen molar-refractivity contribution in [2.24, 2.45) is 0 Å². The summed E-state index contributed by atoms with van der Waals surface area (Å²) in [5.74, 6) is -1.81. The number of rotatable bonds is 5. The second-order valence-electron chi connectivity index (χ2n) is 5.58. The molecule has 0 unspecified atom stereocenters. The summed E-state index contributed by atoms with van der Waals surface area (Å²) in [5, 5.41) is 2.46. The first-order valence-corrected chi connectivity index (χ1v) is 6.73. The van der Waals surface area contributed by atoms with Crippen LogP contribution in [0, 0.1) is 0 Å². The molecule has 0 aliphatic carbocycles. The summed E-state index contributed by atoms with van der Waals surface area (Å²) in [5.41, 5.74) is -0.347. The molecule has 0 bridgehead atoms. The fraction of sp³-hybridized carbons (Fsp3) is 0.467. The molecule has 0 fully saturated rings. The number of carbonyl (C=O) groups is 3. The van der Waals surface area contributed by atoms with Crippen molar-refractivity contribution >= 4 is 17.8 Å². The number of hydrogen-bond donors (Lipinski definition) is 1. The summed E-state index contributed by atoms with van der Waals surface area (Å²) in [6, 6.07) is 1.88. The second kappa shape index (κ2) is 7.53. The highest BCUT2D eigenvalue weighted by Crippen LogP contribution is 2.10. The van der Waals surface area contributed by atoms with E-state index in [1.807, 2.05) is 0 Å². The lowest BCUT2D eigenvalue weighted by Crippen LogP contribution is -2.43. The molecule has 0 aliphatic rings. The number of pyridine rings is 1. The number of nitrogens with one attached hydrogen (secondary N) is 1.